The average Bonchev–Trinajstić information content (AvgIpc) is 2.28. The molecule has 1 spiro atoms. The van der Waals surface area contributed by atoms with Crippen LogP contribution in [0.4, 0.5) is 5.82 Å². The fourth-order valence-electron chi connectivity index (χ4n) is 2.43. The summed E-state index contributed by atoms with van der Waals surface area (Å²) in [7, 11) is 0. The lowest BCUT2D eigenvalue weighted by atomic mass is 9.77. The maximum Gasteiger partial charge on any atom is 0.128 e. The minimum absolute atomic E-state index is 0.519. The highest BCUT2D eigenvalue weighted by molar-refractivity contribution is 5.38. The van der Waals surface area contributed by atoms with Crippen LogP contribution in [-0.2, 0) is 4.74 Å². The van der Waals surface area contributed by atoms with Gasteiger partial charge >= 0.3 is 0 Å². The van der Waals surface area contributed by atoms with Crippen LogP contribution in [0.3, 0.4) is 0 Å². The molecule has 0 N–H and O–H groups in total. The van der Waals surface area contributed by atoms with E-state index >= 15 is 0 Å². The van der Waals surface area contributed by atoms with Crippen LogP contribution in [0.5, 0.6) is 0 Å². The first-order chi connectivity index (χ1) is 7.38. The smallest absolute Gasteiger partial charge is 0.128 e. The van der Waals surface area contributed by atoms with Crippen LogP contribution in [-0.4, -0.2) is 31.3 Å². The molecule has 0 aromatic carbocycles. The quantitative estimate of drug-likeness (QED) is 0.696. The molecule has 3 heteroatoms. The Hall–Kier alpha value is -1.09. The second-order valence-corrected chi connectivity index (χ2v) is 4.67. The van der Waals surface area contributed by atoms with Gasteiger partial charge in [0.1, 0.15) is 5.82 Å². The molecule has 3 rings (SSSR count). The van der Waals surface area contributed by atoms with Gasteiger partial charge in [0.25, 0.3) is 0 Å². The SMILES string of the molecule is c1ccc(N2CCC3(CC2)COC3)nc1. The highest BCUT2D eigenvalue weighted by Gasteiger charge is 2.41. The van der Waals surface area contributed by atoms with Crippen LogP contribution in [0.1, 0.15) is 12.8 Å². The van der Waals surface area contributed by atoms with Gasteiger partial charge in [0, 0.05) is 24.7 Å². The highest BCUT2D eigenvalue weighted by atomic mass is 16.5. The number of hydrogen-bond donors (Lipinski definition) is 0. The number of pyridine rings is 1. The number of aromatic nitrogens is 1. The van der Waals surface area contributed by atoms with E-state index in [2.05, 4.69) is 22.0 Å². The summed E-state index contributed by atoms with van der Waals surface area (Å²) in [4.78, 5) is 6.77. The van der Waals surface area contributed by atoms with Gasteiger partial charge in [-0.3, -0.25) is 0 Å². The average molecular weight is 204 g/mol. The van der Waals surface area contributed by atoms with Crippen molar-refractivity contribution < 1.29 is 4.74 Å². The lowest BCUT2D eigenvalue weighted by molar-refractivity contribution is -0.124. The Balaban J connectivity index is 1.67. The summed E-state index contributed by atoms with van der Waals surface area (Å²) in [6.45, 7) is 4.20. The van der Waals surface area contributed by atoms with Gasteiger partial charge in [-0.25, -0.2) is 4.98 Å². The highest BCUT2D eigenvalue weighted by Crippen LogP contribution is 2.38. The molecule has 1 aromatic heterocycles. The normalized spacial score (nSPS) is 23.9. The third-order valence-corrected chi connectivity index (χ3v) is 3.61. The Labute approximate surface area is 90.1 Å². The van der Waals surface area contributed by atoms with E-state index in [1.54, 1.807) is 0 Å². The number of nitrogens with zero attached hydrogens (tertiary/aromatic N) is 2. The second kappa shape index (κ2) is 3.49. The van der Waals surface area contributed by atoms with Crippen molar-refractivity contribution in [2.45, 2.75) is 12.8 Å². The zero-order chi connectivity index (χ0) is 10.1. The summed E-state index contributed by atoms with van der Waals surface area (Å²) in [6, 6.07) is 6.11. The Morgan fingerprint density at radius 3 is 2.53 bits per heavy atom. The molecular formula is C12H16N2O. The van der Waals surface area contributed by atoms with Crippen molar-refractivity contribution in [1.82, 2.24) is 4.98 Å². The van der Waals surface area contributed by atoms with Gasteiger partial charge in [0.2, 0.25) is 0 Å². The van der Waals surface area contributed by atoms with Crippen molar-refractivity contribution in [3.05, 3.63) is 24.4 Å². The molecule has 0 bridgehead atoms. The molecular weight excluding hydrogens is 188 g/mol. The fraction of sp³-hybridized carbons (Fsp3) is 0.583. The zero-order valence-electron chi connectivity index (χ0n) is 8.85. The number of ether oxygens (including phenoxy) is 1. The standard InChI is InChI=1S/C12H16N2O/c1-2-6-13-11(3-1)14-7-4-12(5-8-14)9-15-10-12/h1-3,6H,4-5,7-10H2. The number of piperidine rings is 1. The van der Waals surface area contributed by atoms with E-state index in [1.807, 2.05) is 12.3 Å². The third-order valence-electron chi connectivity index (χ3n) is 3.61. The summed E-state index contributed by atoms with van der Waals surface area (Å²) >= 11 is 0. The molecule has 0 unspecified atom stereocenters. The van der Waals surface area contributed by atoms with Crippen molar-refractivity contribution >= 4 is 5.82 Å². The lowest BCUT2D eigenvalue weighted by Gasteiger charge is -2.47. The van der Waals surface area contributed by atoms with E-state index in [0.717, 1.165) is 32.1 Å². The number of rotatable bonds is 1. The van der Waals surface area contributed by atoms with E-state index in [9.17, 15) is 0 Å². The first kappa shape index (κ1) is 9.16. The Morgan fingerprint density at radius 2 is 2.00 bits per heavy atom. The largest absolute Gasteiger partial charge is 0.380 e. The Morgan fingerprint density at radius 1 is 1.20 bits per heavy atom. The van der Waals surface area contributed by atoms with Crippen molar-refractivity contribution in [2.75, 3.05) is 31.2 Å². The molecule has 2 fully saturated rings. The van der Waals surface area contributed by atoms with Crippen LogP contribution in [0.25, 0.3) is 0 Å². The lowest BCUT2D eigenvalue weighted by Crippen LogP contribution is -2.51. The molecule has 2 saturated heterocycles. The van der Waals surface area contributed by atoms with Gasteiger partial charge in [0.05, 0.1) is 13.2 Å². The molecule has 3 heterocycles. The summed E-state index contributed by atoms with van der Waals surface area (Å²) in [5, 5.41) is 0. The molecule has 0 radical (unpaired) electrons. The predicted molar refractivity (Wildman–Crippen MR) is 58.9 cm³/mol. The molecule has 0 atom stereocenters. The summed E-state index contributed by atoms with van der Waals surface area (Å²) in [5.74, 6) is 1.12. The molecule has 0 amide bonds. The van der Waals surface area contributed by atoms with Crippen molar-refractivity contribution in [3.63, 3.8) is 0 Å². The minimum atomic E-state index is 0.519. The monoisotopic (exact) mass is 204 g/mol. The van der Waals surface area contributed by atoms with Crippen LogP contribution >= 0.6 is 0 Å². The van der Waals surface area contributed by atoms with E-state index in [4.69, 9.17) is 4.74 Å². The van der Waals surface area contributed by atoms with Gasteiger partial charge in [-0.15, -0.1) is 0 Å². The van der Waals surface area contributed by atoms with E-state index < -0.39 is 0 Å². The van der Waals surface area contributed by atoms with E-state index in [0.29, 0.717) is 5.41 Å². The Bertz CT molecular complexity index is 325. The molecule has 0 aliphatic carbocycles. The minimum Gasteiger partial charge on any atom is -0.380 e. The van der Waals surface area contributed by atoms with Gasteiger partial charge in [-0.1, -0.05) is 6.07 Å². The molecule has 3 nitrogen and oxygen atoms in total. The van der Waals surface area contributed by atoms with Gasteiger partial charge in [-0.2, -0.15) is 0 Å². The maximum absolute atomic E-state index is 5.32. The van der Waals surface area contributed by atoms with Crippen LogP contribution in [0.15, 0.2) is 24.4 Å². The molecule has 80 valence electrons. The molecule has 2 aliphatic heterocycles. The van der Waals surface area contributed by atoms with Crippen molar-refractivity contribution in [3.8, 4) is 0 Å². The molecule has 15 heavy (non-hydrogen) atoms. The third kappa shape index (κ3) is 1.61. The molecule has 0 saturated carbocycles. The number of anilines is 1. The van der Waals surface area contributed by atoms with E-state index in [-0.39, 0.29) is 0 Å². The van der Waals surface area contributed by atoms with Crippen molar-refractivity contribution in [2.24, 2.45) is 5.41 Å². The predicted octanol–water partition coefficient (Wildman–Crippen LogP) is 1.70. The van der Waals surface area contributed by atoms with E-state index in [1.165, 1.54) is 12.8 Å². The second-order valence-electron chi connectivity index (χ2n) is 4.67. The van der Waals surface area contributed by atoms with Gasteiger partial charge in [0.15, 0.2) is 0 Å². The van der Waals surface area contributed by atoms with Crippen LogP contribution < -0.4 is 4.90 Å². The summed E-state index contributed by atoms with van der Waals surface area (Å²) in [5.41, 5.74) is 0.519. The zero-order valence-corrected chi connectivity index (χ0v) is 8.85. The van der Waals surface area contributed by atoms with Crippen molar-refractivity contribution in [1.29, 1.82) is 0 Å². The maximum atomic E-state index is 5.32. The fourth-order valence-corrected chi connectivity index (χ4v) is 2.43. The topological polar surface area (TPSA) is 25.4 Å². The molecule has 2 aliphatic rings. The summed E-state index contributed by atoms with van der Waals surface area (Å²) < 4.78 is 5.32. The van der Waals surface area contributed by atoms with Gasteiger partial charge < -0.3 is 9.64 Å². The van der Waals surface area contributed by atoms with Crippen LogP contribution in [0.2, 0.25) is 0 Å². The first-order valence-electron chi connectivity index (χ1n) is 5.62. The van der Waals surface area contributed by atoms with Gasteiger partial charge in [-0.05, 0) is 25.0 Å². The van der Waals surface area contributed by atoms with Crippen LogP contribution in [0, 0.1) is 5.41 Å². The number of hydrogen-bond acceptors (Lipinski definition) is 3. The summed E-state index contributed by atoms with van der Waals surface area (Å²) in [6.07, 6.45) is 4.37. The molecule has 1 aromatic rings. The Kier molecular flexibility index (Phi) is 2.13. The first-order valence-corrected chi connectivity index (χ1v) is 5.62.